The smallest absolute Gasteiger partial charge is 0.0659 e. The van der Waals surface area contributed by atoms with E-state index >= 15 is 0 Å². The van der Waals surface area contributed by atoms with Gasteiger partial charge in [0.1, 0.15) is 0 Å². The number of nitrogens with zero attached hydrogens (tertiary/aromatic N) is 2. The molecule has 4 heteroatoms. The highest BCUT2D eigenvalue weighted by atomic mass is 35.5. The zero-order valence-corrected chi connectivity index (χ0v) is 12.3. The second-order valence-electron chi connectivity index (χ2n) is 4.85. The lowest BCUT2D eigenvalue weighted by atomic mass is 10.2. The fraction of sp³-hybridized carbons (Fsp3) is 0.118. The van der Waals surface area contributed by atoms with Gasteiger partial charge in [0.25, 0.3) is 0 Å². The first-order chi connectivity index (χ1) is 10.3. The summed E-state index contributed by atoms with van der Waals surface area (Å²) in [5.41, 5.74) is 3.40. The molecule has 3 nitrogen and oxygen atoms in total. The summed E-state index contributed by atoms with van der Waals surface area (Å²) in [5, 5.41) is 8.38. The maximum Gasteiger partial charge on any atom is 0.0659 e. The molecule has 3 aromatic rings. The van der Waals surface area contributed by atoms with Gasteiger partial charge in [0, 0.05) is 29.6 Å². The van der Waals surface area contributed by atoms with Gasteiger partial charge in [-0.05, 0) is 35.4 Å². The lowest BCUT2D eigenvalue weighted by Gasteiger charge is -2.09. The molecular weight excluding hydrogens is 282 g/mol. The van der Waals surface area contributed by atoms with Gasteiger partial charge in [-0.1, -0.05) is 41.9 Å². The molecule has 106 valence electrons. The summed E-state index contributed by atoms with van der Waals surface area (Å²) < 4.78 is 1.91. The molecule has 1 heterocycles. The van der Waals surface area contributed by atoms with Crippen molar-refractivity contribution in [3.8, 4) is 0 Å². The molecule has 0 fully saturated rings. The normalized spacial score (nSPS) is 10.5. The average Bonchev–Trinajstić information content (AvgIpc) is 3.01. The van der Waals surface area contributed by atoms with Crippen molar-refractivity contribution in [1.82, 2.24) is 9.78 Å². The van der Waals surface area contributed by atoms with Gasteiger partial charge >= 0.3 is 0 Å². The number of benzene rings is 2. The topological polar surface area (TPSA) is 29.9 Å². The van der Waals surface area contributed by atoms with Crippen molar-refractivity contribution >= 4 is 17.3 Å². The van der Waals surface area contributed by atoms with Crippen molar-refractivity contribution in [3.63, 3.8) is 0 Å². The van der Waals surface area contributed by atoms with Crippen LogP contribution in [0.1, 0.15) is 11.1 Å². The third kappa shape index (κ3) is 3.64. The van der Waals surface area contributed by atoms with E-state index in [4.69, 9.17) is 11.6 Å². The van der Waals surface area contributed by atoms with E-state index in [9.17, 15) is 0 Å². The van der Waals surface area contributed by atoms with Crippen molar-refractivity contribution in [2.24, 2.45) is 0 Å². The van der Waals surface area contributed by atoms with Crippen LogP contribution in [0.25, 0.3) is 0 Å². The van der Waals surface area contributed by atoms with Gasteiger partial charge in [-0.25, -0.2) is 0 Å². The van der Waals surface area contributed by atoms with Crippen LogP contribution in [0.15, 0.2) is 67.0 Å². The van der Waals surface area contributed by atoms with Crippen LogP contribution in [-0.2, 0) is 13.1 Å². The Morgan fingerprint density at radius 1 is 1.00 bits per heavy atom. The minimum absolute atomic E-state index is 0.720. The van der Waals surface area contributed by atoms with Gasteiger partial charge in [0.05, 0.1) is 6.54 Å². The third-order valence-electron chi connectivity index (χ3n) is 3.30. The molecule has 1 aromatic heterocycles. The number of hydrogen-bond acceptors (Lipinski definition) is 2. The highest BCUT2D eigenvalue weighted by Gasteiger charge is 2.00. The number of rotatable bonds is 5. The molecule has 0 bridgehead atoms. The van der Waals surface area contributed by atoms with Crippen LogP contribution in [-0.4, -0.2) is 9.78 Å². The van der Waals surface area contributed by atoms with Crippen LogP contribution in [0.4, 0.5) is 5.69 Å². The van der Waals surface area contributed by atoms with Crippen LogP contribution >= 0.6 is 11.6 Å². The minimum Gasteiger partial charge on any atom is -0.381 e. The van der Waals surface area contributed by atoms with Crippen molar-refractivity contribution < 1.29 is 0 Å². The quantitative estimate of drug-likeness (QED) is 0.765. The molecule has 0 unspecified atom stereocenters. The molecule has 2 aromatic carbocycles. The Balaban J connectivity index is 1.61. The summed E-state index contributed by atoms with van der Waals surface area (Å²) in [5.74, 6) is 0. The first kappa shape index (κ1) is 13.7. The Labute approximate surface area is 129 Å². The first-order valence-corrected chi connectivity index (χ1v) is 7.23. The summed E-state index contributed by atoms with van der Waals surface area (Å²) in [7, 11) is 0. The van der Waals surface area contributed by atoms with Crippen molar-refractivity contribution in [2.75, 3.05) is 5.32 Å². The number of anilines is 1. The average molecular weight is 298 g/mol. The van der Waals surface area contributed by atoms with E-state index in [-0.39, 0.29) is 0 Å². The molecule has 1 N–H and O–H groups in total. The van der Waals surface area contributed by atoms with E-state index < -0.39 is 0 Å². The summed E-state index contributed by atoms with van der Waals surface area (Å²) in [6.45, 7) is 1.51. The van der Waals surface area contributed by atoms with Crippen LogP contribution in [0, 0.1) is 0 Å². The van der Waals surface area contributed by atoms with E-state index in [0.29, 0.717) is 0 Å². The maximum atomic E-state index is 6.15. The zero-order chi connectivity index (χ0) is 14.5. The molecule has 0 amide bonds. The van der Waals surface area contributed by atoms with Crippen LogP contribution in [0.2, 0.25) is 5.02 Å². The second kappa shape index (κ2) is 6.46. The Morgan fingerprint density at radius 2 is 1.81 bits per heavy atom. The van der Waals surface area contributed by atoms with Gasteiger partial charge in [0.15, 0.2) is 0 Å². The SMILES string of the molecule is Clc1ccccc1CNc1ccc(Cn2cccn2)cc1. The fourth-order valence-electron chi connectivity index (χ4n) is 2.15. The standard InChI is InChI=1S/C17H16ClN3/c18-17-5-2-1-4-15(17)12-19-16-8-6-14(7-9-16)13-21-11-3-10-20-21/h1-11,19H,12-13H2. The van der Waals surface area contributed by atoms with E-state index in [0.717, 1.165) is 29.4 Å². The molecule has 0 spiro atoms. The minimum atomic E-state index is 0.720. The van der Waals surface area contributed by atoms with Gasteiger partial charge in [-0.2, -0.15) is 5.10 Å². The van der Waals surface area contributed by atoms with Gasteiger partial charge < -0.3 is 5.32 Å². The summed E-state index contributed by atoms with van der Waals surface area (Å²) in [4.78, 5) is 0. The van der Waals surface area contributed by atoms with Crippen molar-refractivity contribution in [1.29, 1.82) is 0 Å². The lowest BCUT2D eigenvalue weighted by molar-refractivity contribution is 0.687. The van der Waals surface area contributed by atoms with E-state index in [1.54, 1.807) is 6.20 Å². The Morgan fingerprint density at radius 3 is 2.52 bits per heavy atom. The number of nitrogens with one attached hydrogen (secondary N) is 1. The largest absolute Gasteiger partial charge is 0.381 e. The molecule has 0 aliphatic rings. The molecule has 21 heavy (non-hydrogen) atoms. The number of aromatic nitrogens is 2. The molecule has 3 rings (SSSR count). The molecule has 0 atom stereocenters. The van der Waals surface area contributed by atoms with Crippen molar-refractivity contribution in [2.45, 2.75) is 13.1 Å². The molecule has 0 saturated heterocycles. The van der Waals surface area contributed by atoms with E-state index in [1.165, 1.54) is 5.56 Å². The Hall–Kier alpha value is -2.26. The van der Waals surface area contributed by atoms with Crippen molar-refractivity contribution in [3.05, 3.63) is 83.1 Å². The van der Waals surface area contributed by atoms with Gasteiger partial charge in [-0.3, -0.25) is 4.68 Å². The third-order valence-corrected chi connectivity index (χ3v) is 3.67. The Bertz CT molecular complexity index is 690. The first-order valence-electron chi connectivity index (χ1n) is 6.85. The number of hydrogen-bond donors (Lipinski definition) is 1. The highest BCUT2D eigenvalue weighted by molar-refractivity contribution is 6.31. The van der Waals surface area contributed by atoms with Crippen LogP contribution in [0.3, 0.4) is 0 Å². The van der Waals surface area contributed by atoms with E-state index in [1.807, 2.05) is 41.2 Å². The van der Waals surface area contributed by atoms with E-state index in [2.05, 4.69) is 34.7 Å². The molecular formula is C17H16ClN3. The second-order valence-corrected chi connectivity index (χ2v) is 5.25. The molecule has 0 aliphatic carbocycles. The van der Waals surface area contributed by atoms with Crippen LogP contribution in [0.5, 0.6) is 0 Å². The molecule has 0 saturated carbocycles. The Kier molecular flexibility index (Phi) is 4.22. The monoisotopic (exact) mass is 297 g/mol. The predicted octanol–water partition coefficient (Wildman–Crippen LogP) is 4.20. The highest BCUT2D eigenvalue weighted by Crippen LogP contribution is 2.17. The lowest BCUT2D eigenvalue weighted by Crippen LogP contribution is -2.02. The summed E-state index contributed by atoms with van der Waals surface area (Å²) in [6, 6.07) is 18.2. The fourth-order valence-corrected chi connectivity index (χ4v) is 2.35. The zero-order valence-electron chi connectivity index (χ0n) is 11.5. The molecule has 0 aliphatic heterocycles. The molecule has 0 radical (unpaired) electrons. The van der Waals surface area contributed by atoms with Crippen LogP contribution < -0.4 is 5.32 Å². The number of halogens is 1. The van der Waals surface area contributed by atoms with Gasteiger partial charge in [-0.15, -0.1) is 0 Å². The predicted molar refractivity (Wildman–Crippen MR) is 86.5 cm³/mol. The van der Waals surface area contributed by atoms with Gasteiger partial charge in [0.2, 0.25) is 0 Å². The summed E-state index contributed by atoms with van der Waals surface area (Å²) in [6.07, 6.45) is 3.75. The summed E-state index contributed by atoms with van der Waals surface area (Å²) >= 11 is 6.15. The maximum absolute atomic E-state index is 6.15.